The van der Waals surface area contributed by atoms with E-state index in [0.717, 1.165) is 4.90 Å². The molecule has 1 amide bonds. The minimum Gasteiger partial charge on any atom is -0.275 e. The Hall–Kier alpha value is -1.26. The Morgan fingerprint density at radius 3 is 2.71 bits per heavy atom. The Balaban J connectivity index is 2.72. The molecule has 0 radical (unpaired) electrons. The Labute approximate surface area is 106 Å². The van der Waals surface area contributed by atoms with Crippen LogP contribution in [0.15, 0.2) is 47.9 Å². The molecule has 0 fully saturated rings. The molecule has 0 aliphatic heterocycles. The summed E-state index contributed by atoms with van der Waals surface area (Å²) in [6, 6.07) is 9.84. The molecule has 0 spiro atoms. The van der Waals surface area contributed by atoms with Crippen LogP contribution < -0.4 is 0 Å². The fraction of sp³-hybridized carbons (Fsp3) is 0.308. The summed E-state index contributed by atoms with van der Waals surface area (Å²) in [7, 11) is 3.10. The summed E-state index contributed by atoms with van der Waals surface area (Å²) in [6.07, 6.45) is 2.37. The molecule has 1 rings (SSSR count). The van der Waals surface area contributed by atoms with E-state index in [9.17, 15) is 4.79 Å². The van der Waals surface area contributed by atoms with Gasteiger partial charge in [-0.1, -0.05) is 24.3 Å². The van der Waals surface area contributed by atoms with E-state index in [2.05, 4.69) is 6.58 Å². The molecule has 4 heteroatoms. The number of carbonyl (C=O) groups excluding carboxylic acids is 1. The Kier molecular flexibility index (Phi) is 5.80. The van der Waals surface area contributed by atoms with Gasteiger partial charge in [0.25, 0.3) is 5.91 Å². The number of hydrogen-bond donors (Lipinski definition) is 0. The molecule has 3 nitrogen and oxygen atoms in total. The van der Waals surface area contributed by atoms with Crippen LogP contribution in [-0.2, 0) is 9.63 Å². The van der Waals surface area contributed by atoms with Gasteiger partial charge in [-0.2, -0.15) is 0 Å². The zero-order valence-corrected chi connectivity index (χ0v) is 10.9. The molecule has 1 aromatic carbocycles. The third kappa shape index (κ3) is 4.24. The number of benzene rings is 1. The van der Waals surface area contributed by atoms with Crippen molar-refractivity contribution < 1.29 is 9.63 Å². The number of carbonyl (C=O) groups is 1. The Morgan fingerprint density at radius 1 is 1.53 bits per heavy atom. The maximum Gasteiger partial charge on any atom is 0.259 e. The molecule has 0 saturated carbocycles. The summed E-state index contributed by atoms with van der Waals surface area (Å²) in [5, 5.41) is 1.06. The van der Waals surface area contributed by atoms with E-state index in [1.807, 2.05) is 30.3 Å². The van der Waals surface area contributed by atoms with E-state index < -0.39 is 0 Å². The Bertz CT molecular complexity index is 367. The van der Waals surface area contributed by atoms with E-state index in [4.69, 9.17) is 4.84 Å². The van der Waals surface area contributed by atoms with Gasteiger partial charge in [-0.25, -0.2) is 5.06 Å². The molecule has 92 valence electrons. The van der Waals surface area contributed by atoms with Gasteiger partial charge in [0.1, 0.15) is 0 Å². The molecule has 0 aliphatic rings. The second-order valence-corrected chi connectivity index (χ2v) is 4.74. The van der Waals surface area contributed by atoms with Crippen LogP contribution >= 0.6 is 11.8 Å². The molecular formula is C13H17NO2S. The molecule has 17 heavy (non-hydrogen) atoms. The van der Waals surface area contributed by atoms with Gasteiger partial charge in [0.2, 0.25) is 0 Å². The van der Waals surface area contributed by atoms with E-state index in [-0.39, 0.29) is 11.2 Å². The summed E-state index contributed by atoms with van der Waals surface area (Å²) in [4.78, 5) is 18.0. The first-order chi connectivity index (χ1) is 8.19. The van der Waals surface area contributed by atoms with Crippen molar-refractivity contribution in [3.63, 3.8) is 0 Å². The second-order valence-electron chi connectivity index (χ2n) is 3.46. The van der Waals surface area contributed by atoms with Gasteiger partial charge < -0.3 is 0 Å². The number of hydrogen-bond acceptors (Lipinski definition) is 3. The molecule has 0 heterocycles. The van der Waals surface area contributed by atoms with Crippen LogP contribution in [0.3, 0.4) is 0 Å². The van der Waals surface area contributed by atoms with Crippen LogP contribution in [0, 0.1) is 0 Å². The number of allylic oxidation sites excluding steroid dienone is 1. The van der Waals surface area contributed by atoms with Crippen molar-refractivity contribution in [1.82, 2.24) is 5.06 Å². The number of thioether (sulfide) groups is 1. The predicted octanol–water partition coefficient (Wildman–Crippen LogP) is 2.74. The second kappa shape index (κ2) is 7.14. The Morgan fingerprint density at radius 2 is 2.18 bits per heavy atom. The number of amides is 1. The van der Waals surface area contributed by atoms with Gasteiger partial charge in [0.05, 0.1) is 12.4 Å². The lowest BCUT2D eigenvalue weighted by Gasteiger charge is -2.20. The van der Waals surface area contributed by atoms with Crippen LogP contribution in [0.4, 0.5) is 0 Å². The molecule has 0 aromatic heterocycles. The fourth-order valence-corrected chi connectivity index (χ4v) is 2.43. The fourth-order valence-electron chi connectivity index (χ4n) is 1.31. The summed E-state index contributed by atoms with van der Waals surface area (Å²) in [6.45, 7) is 3.68. The highest BCUT2D eigenvalue weighted by molar-refractivity contribution is 8.00. The predicted molar refractivity (Wildman–Crippen MR) is 70.7 cm³/mol. The van der Waals surface area contributed by atoms with E-state index in [1.165, 1.54) is 23.9 Å². The SMILES string of the molecule is C=CCC(Sc1ccccc1)C(=O)N(C)OC. The van der Waals surface area contributed by atoms with Crippen molar-refractivity contribution in [2.75, 3.05) is 14.2 Å². The van der Waals surface area contributed by atoms with Crippen molar-refractivity contribution in [1.29, 1.82) is 0 Å². The van der Waals surface area contributed by atoms with Gasteiger partial charge in [0, 0.05) is 11.9 Å². The van der Waals surface area contributed by atoms with E-state index >= 15 is 0 Å². The lowest BCUT2D eigenvalue weighted by Crippen LogP contribution is -2.33. The average molecular weight is 251 g/mol. The molecule has 1 atom stereocenters. The van der Waals surface area contributed by atoms with E-state index in [0.29, 0.717) is 6.42 Å². The maximum absolute atomic E-state index is 12.0. The first-order valence-corrected chi connectivity index (χ1v) is 6.21. The van der Waals surface area contributed by atoms with Crippen LogP contribution in [0.1, 0.15) is 6.42 Å². The molecule has 0 aliphatic carbocycles. The quantitative estimate of drug-likeness (QED) is 0.442. The lowest BCUT2D eigenvalue weighted by molar-refractivity contribution is -0.167. The maximum atomic E-state index is 12.0. The van der Waals surface area contributed by atoms with Crippen molar-refractivity contribution in [2.45, 2.75) is 16.6 Å². The van der Waals surface area contributed by atoms with Crippen LogP contribution in [0.2, 0.25) is 0 Å². The van der Waals surface area contributed by atoms with Crippen molar-refractivity contribution in [2.24, 2.45) is 0 Å². The molecule has 0 N–H and O–H groups in total. The highest BCUT2D eigenvalue weighted by Gasteiger charge is 2.22. The monoisotopic (exact) mass is 251 g/mol. The lowest BCUT2D eigenvalue weighted by atomic mass is 10.3. The summed E-state index contributed by atoms with van der Waals surface area (Å²) in [5.74, 6) is -0.0544. The zero-order valence-electron chi connectivity index (χ0n) is 10.1. The molecule has 1 unspecified atom stereocenters. The zero-order chi connectivity index (χ0) is 12.7. The van der Waals surface area contributed by atoms with Crippen molar-refractivity contribution in [3.8, 4) is 0 Å². The third-order valence-electron chi connectivity index (χ3n) is 2.26. The van der Waals surface area contributed by atoms with Gasteiger partial charge >= 0.3 is 0 Å². The minimum absolute atomic E-state index is 0.0544. The number of nitrogens with zero attached hydrogens (tertiary/aromatic N) is 1. The normalized spacial score (nSPS) is 11.9. The van der Waals surface area contributed by atoms with Crippen LogP contribution in [0.25, 0.3) is 0 Å². The largest absolute Gasteiger partial charge is 0.275 e. The first-order valence-electron chi connectivity index (χ1n) is 5.33. The third-order valence-corrected chi connectivity index (χ3v) is 3.48. The average Bonchev–Trinajstić information content (AvgIpc) is 2.37. The number of hydroxylamine groups is 2. The smallest absolute Gasteiger partial charge is 0.259 e. The minimum atomic E-state index is -0.195. The van der Waals surface area contributed by atoms with Gasteiger partial charge in [-0.05, 0) is 18.6 Å². The molecule has 1 aromatic rings. The molecule has 0 saturated heterocycles. The van der Waals surface area contributed by atoms with Gasteiger partial charge in [0.15, 0.2) is 0 Å². The van der Waals surface area contributed by atoms with E-state index in [1.54, 1.807) is 13.1 Å². The van der Waals surface area contributed by atoms with Crippen LogP contribution in [-0.4, -0.2) is 30.4 Å². The summed E-state index contributed by atoms with van der Waals surface area (Å²) in [5.41, 5.74) is 0. The standard InChI is InChI=1S/C13H17NO2S/c1-4-8-12(13(15)14(2)16-3)17-11-9-6-5-7-10-11/h4-7,9-10,12H,1,8H2,2-3H3. The summed E-state index contributed by atoms with van der Waals surface area (Å²) < 4.78 is 0. The summed E-state index contributed by atoms with van der Waals surface area (Å²) >= 11 is 1.52. The van der Waals surface area contributed by atoms with Gasteiger partial charge in [-0.15, -0.1) is 18.3 Å². The van der Waals surface area contributed by atoms with Crippen LogP contribution in [0.5, 0.6) is 0 Å². The number of rotatable bonds is 6. The highest BCUT2D eigenvalue weighted by Crippen LogP contribution is 2.26. The molecule has 0 bridgehead atoms. The molecular weight excluding hydrogens is 234 g/mol. The van der Waals surface area contributed by atoms with Crippen molar-refractivity contribution >= 4 is 17.7 Å². The first kappa shape index (κ1) is 13.8. The topological polar surface area (TPSA) is 29.5 Å². The highest BCUT2D eigenvalue weighted by atomic mass is 32.2. The van der Waals surface area contributed by atoms with Gasteiger partial charge in [-0.3, -0.25) is 9.63 Å². The van der Waals surface area contributed by atoms with Crippen molar-refractivity contribution in [3.05, 3.63) is 43.0 Å².